The van der Waals surface area contributed by atoms with Gasteiger partial charge < -0.3 is 9.47 Å². The molecular weight excluding hydrogens is 352 g/mol. The van der Waals surface area contributed by atoms with Crippen LogP contribution in [0, 0.1) is 0 Å². The van der Waals surface area contributed by atoms with Crippen LogP contribution < -0.4 is 0 Å². The minimum Gasteiger partial charge on any atom is -0.379 e. The van der Waals surface area contributed by atoms with Gasteiger partial charge in [-0.25, -0.2) is 0 Å². The van der Waals surface area contributed by atoms with E-state index in [-0.39, 0.29) is 0 Å². The number of hydrogen-bond acceptors (Lipinski definition) is 6. The van der Waals surface area contributed by atoms with Gasteiger partial charge in [0.25, 0.3) is 0 Å². The molecule has 4 heterocycles. The Morgan fingerprint density at radius 2 is 1.39 bits per heavy atom. The van der Waals surface area contributed by atoms with Crippen molar-refractivity contribution in [2.24, 2.45) is 0 Å². The zero-order valence-corrected chi connectivity index (χ0v) is 18.4. The van der Waals surface area contributed by atoms with Crippen molar-refractivity contribution in [2.75, 3.05) is 72.2 Å². The van der Waals surface area contributed by atoms with E-state index in [0.717, 1.165) is 58.1 Å². The van der Waals surface area contributed by atoms with Crippen LogP contribution >= 0.6 is 0 Å². The summed E-state index contributed by atoms with van der Waals surface area (Å²) in [6.45, 7) is 19.2. The molecule has 4 saturated heterocycles. The van der Waals surface area contributed by atoms with E-state index in [1.54, 1.807) is 0 Å². The molecule has 0 amide bonds. The van der Waals surface area contributed by atoms with Crippen LogP contribution in [0.25, 0.3) is 0 Å². The zero-order chi connectivity index (χ0) is 19.5. The predicted octanol–water partition coefficient (Wildman–Crippen LogP) is 1.36. The zero-order valence-electron chi connectivity index (χ0n) is 18.4. The summed E-state index contributed by atoms with van der Waals surface area (Å²) in [5.74, 6) is 0. The standard InChI is InChI=1S/C22H42N4O2/c1-18(2)24-6-4-21(15-24)26-10-13-28-22(17-26)14-19(3)25-7-5-20(16-25)23-8-11-27-12-9-23/h18-22H,4-17H2,1-3H3/t19?,20?,21-,22?/m0/s1. The lowest BCUT2D eigenvalue weighted by molar-refractivity contribution is -0.0539. The van der Waals surface area contributed by atoms with Crippen molar-refractivity contribution in [3.63, 3.8) is 0 Å². The molecule has 6 nitrogen and oxygen atoms in total. The highest BCUT2D eigenvalue weighted by atomic mass is 16.5. The third kappa shape index (κ3) is 5.08. The summed E-state index contributed by atoms with van der Waals surface area (Å²) in [4.78, 5) is 10.7. The minimum absolute atomic E-state index is 0.402. The number of nitrogens with zero attached hydrogens (tertiary/aromatic N) is 4. The molecular formula is C22H42N4O2. The highest BCUT2D eigenvalue weighted by Crippen LogP contribution is 2.24. The molecule has 6 heteroatoms. The molecule has 0 aliphatic carbocycles. The first-order chi connectivity index (χ1) is 13.6. The van der Waals surface area contributed by atoms with Crippen LogP contribution in [0.2, 0.25) is 0 Å². The predicted molar refractivity (Wildman–Crippen MR) is 113 cm³/mol. The second-order valence-electron chi connectivity index (χ2n) is 9.69. The molecule has 0 bridgehead atoms. The van der Waals surface area contributed by atoms with E-state index >= 15 is 0 Å². The van der Waals surface area contributed by atoms with Crippen molar-refractivity contribution < 1.29 is 9.47 Å². The molecule has 4 atom stereocenters. The minimum atomic E-state index is 0.402. The molecule has 162 valence electrons. The lowest BCUT2D eigenvalue weighted by atomic mass is 10.1. The van der Waals surface area contributed by atoms with Crippen LogP contribution in [0.5, 0.6) is 0 Å². The van der Waals surface area contributed by atoms with E-state index in [9.17, 15) is 0 Å². The van der Waals surface area contributed by atoms with E-state index < -0.39 is 0 Å². The number of likely N-dealkylation sites (tertiary alicyclic amines) is 2. The first-order valence-electron chi connectivity index (χ1n) is 11.8. The van der Waals surface area contributed by atoms with E-state index in [2.05, 4.69) is 40.4 Å². The Morgan fingerprint density at radius 3 is 2.11 bits per heavy atom. The third-order valence-corrected chi connectivity index (χ3v) is 7.60. The second-order valence-corrected chi connectivity index (χ2v) is 9.69. The average molecular weight is 395 g/mol. The van der Waals surface area contributed by atoms with Gasteiger partial charge in [0.15, 0.2) is 0 Å². The molecule has 0 radical (unpaired) electrons. The number of rotatable bonds is 6. The fourth-order valence-electron chi connectivity index (χ4n) is 5.69. The maximum absolute atomic E-state index is 6.21. The van der Waals surface area contributed by atoms with Crippen LogP contribution in [0.3, 0.4) is 0 Å². The van der Waals surface area contributed by atoms with Crippen molar-refractivity contribution in [1.82, 2.24) is 19.6 Å². The topological polar surface area (TPSA) is 31.4 Å². The van der Waals surface area contributed by atoms with Gasteiger partial charge in [-0.05, 0) is 40.0 Å². The summed E-state index contributed by atoms with van der Waals surface area (Å²) in [6.07, 6.45) is 4.22. The quantitative estimate of drug-likeness (QED) is 0.676. The van der Waals surface area contributed by atoms with Crippen LogP contribution in [-0.2, 0) is 9.47 Å². The normalized spacial score (nSPS) is 35.8. The molecule has 4 fully saturated rings. The van der Waals surface area contributed by atoms with Gasteiger partial charge in [-0.3, -0.25) is 19.6 Å². The van der Waals surface area contributed by atoms with E-state index in [1.165, 1.54) is 45.4 Å². The Morgan fingerprint density at radius 1 is 0.750 bits per heavy atom. The van der Waals surface area contributed by atoms with Gasteiger partial charge in [0.2, 0.25) is 0 Å². The van der Waals surface area contributed by atoms with Gasteiger partial charge in [0, 0.05) is 76.5 Å². The Labute approximate surface area is 172 Å². The largest absolute Gasteiger partial charge is 0.379 e. The molecule has 0 aromatic carbocycles. The fourth-order valence-corrected chi connectivity index (χ4v) is 5.69. The number of hydrogen-bond donors (Lipinski definition) is 0. The molecule has 28 heavy (non-hydrogen) atoms. The SMILES string of the molecule is CC(C)N1CC[C@H](N2CCOC(CC(C)N3CCC(N4CCOCC4)C3)C2)C1. The van der Waals surface area contributed by atoms with Crippen molar-refractivity contribution in [2.45, 2.75) is 70.3 Å². The molecule has 0 spiro atoms. The molecule has 4 rings (SSSR count). The Hall–Kier alpha value is -0.240. The summed E-state index contributed by atoms with van der Waals surface area (Å²) >= 11 is 0. The third-order valence-electron chi connectivity index (χ3n) is 7.60. The molecule has 0 saturated carbocycles. The second kappa shape index (κ2) is 9.71. The lowest BCUT2D eigenvalue weighted by Gasteiger charge is -2.39. The van der Waals surface area contributed by atoms with Gasteiger partial charge in [-0.1, -0.05) is 0 Å². The first kappa shape index (κ1) is 21.0. The molecule has 4 aliphatic rings. The summed E-state index contributed by atoms with van der Waals surface area (Å²) in [5, 5.41) is 0. The number of ether oxygens (including phenoxy) is 2. The van der Waals surface area contributed by atoms with Crippen molar-refractivity contribution >= 4 is 0 Å². The maximum atomic E-state index is 6.21. The summed E-state index contributed by atoms with van der Waals surface area (Å²) < 4.78 is 11.7. The molecule has 0 aromatic heterocycles. The van der Waals surface area contributed by atoms with Crippen molar-refractivity contribution in [1.29, 1.82) is 0 Å². The van der Waals surface area contributed by atoms with Crippen LogP contribution in [0.1, 0.15) is 40.0 Å². The molecule has 0 N–H and O–H groups in total. The fraction of sp³-hybridized carbons (Fsp3) is 1.00. The van der Waals surface area contributed by atoms with Gasteiger partial charge in [0.1, 0.15) is 0 Å². The van der Waals surface area contributed by atoms with Gasteiger partial charge in [-0.15, -0.1) is 0 Å². The molecule has 0 aromatic rings. The van der Waals surface area contributed by atoms with Gasteiger partial charge in [-0.2, -0.15) is 0 Å². The monoisotopic (exact) mass is 394 g/mol. The summed E-state index contributed by atoms with van der Waals surface area (Å²) in [6, 6.07) is 2.76. The van der Waals surface area contributed by atoms with Gasteiger partial charge in [0.05, 0.1) is 25.9 Å². The van der Waals surface area contributed by atoms with E-state index in [1.807, 2.05) is 0 Å². The Kier molecular flexibility index (Phi) is 7.29. The molecule has 3 unspecified atom stereocenters. The average Bonchev–Trinajstić information content (AvgIpc) is 3.39. The summed E-state index contributed by atoms with van der Waals surface area (Å²) in [5.41, 5.74) is 0. The van der Waals surface area contributed by atoms with Crippen LogP contribution in [-0.4, -0.2) is 122 Å². The van der Waals surface area contributed by atoms with E-state index in [0.29, 0.717) is 18.2 Å². The van der Waals surface area contributed by atoms with Crippen LogP contribution in [0.4, 0.5) is 0 Å². The maximum Gasteiger partial charge on any atom is 0.0717 e. The van der Waals surface area contributed by atoms with Crippen molar-refractivity contribution in [3.05, 3.63) is 0 Å². The summed E-state index contributed by atoms with van der Waals surface area (Å²) in [7, 11) is 0. The van der Waals surface area contributed by atoms with Crippen LogP contribution in [0.15, 0.2) is 0 Å². The smallest absolute Gasteiger partial charge is 0.0717 e. The van der Waals surface area contributed by atoms with Crippen molar-refractivity contribution in [3.8, 4) is 0 Å². The Bertz CT molecular complexity index is 485. The number of morpholine rings is 2. The first-order valence-corrected chi connectivity index (χ1v) is 11.8. The molecule has 4 aliphatic heterocycles. The van der Waals surface area contributed by atoms with Gasteiger partial charge >= 0.3 is 0 Å². The Balaban J connectivity index is 1.22. The highest BCUT2D eigenvalue weighted by Gasteiger charge is 2.35. The lowest BCUT2D eigenvalue weighted by Crippen LogP contribution is -2.50. The van der Waals surface area contributed by atoms with E-state index in [4.69, 9.17) is 9.47 Å². The highest BCUT2D eigenvalue weighted by molar-refractivity contribution is 4.90.